The first-order chi connectivity index (χ1) is 14.2. The molecule has 0 saturated carbocycles. The van der Waals surface area contributed by atoms with E-state index in [1.807, 2.05) is 55.5 Å². The molecule has 0 saturated heterocycles. The van der Waals surface area contributed by atoms with Gasteiger partial charge in [-0.2, -0.15) is 13.2 Å². The van der Waals surface area contributed by atoms with Crippen molar-refractivity contribution in [2.24, 2.45) is 0 Å². The summed E-state index contributed by atoms with van der Waals surface area (Å²) in [4.78, 5) is 10.6. The van der Waals surface area contributed by atoms with Crippen LogP contribution in [0, 0.1) is 6.92 Å². The fourth-order valence-electron chi connectivity index (χ4n) is 2.91. The van der Waals surface area contributed by atoms with Gasteiger partial charge in [-0.25, -0.2) is 4.79 Å². The summed E-state index contributed by atoms with van der Waals surface area (Å²) in [5, 5.41) is 8.69. The summed E-state index contributed by atoms with van der Waals surface area (Å²) in [6.07, 6.45) is -0.504. The van der Waals surface area contributed by atoms with Gasteiger partial charge in [0.05, 0.1) is 5.56 Å². The van der Waals surface area contributed by atoms with Crippen LogP contribution < -0.4 is 4.74 Å². The van der Waals surface area contributed by atoms with E-state index in [1.54, 1.807) is 6.07 Å². The minimum absolute atomic E-state index is 0.388. The Bertz CT molecular complexity index is 1050. The number of ether oxygens (including phenoxy) is 1. The molecule has 0 aromatic heterocycles. The Morgan fingerprint density at radius 1 is 0.900 bits per heavy atom. The van der Waals surface area contributed by atoms with Gasteiger partial charge in [-0.1, -0.05) is 54.6 Å². The third-order valence-corrected chi connectivity index (χ3v) is 4.47. The number of carbonyl (C=O) groups is 1. The van der Waals surface area contributed by atoms with E-state index in [2.05, 4.69) is 0 Å². The zero-order valence-corrected chi connectivity index (χ0v) is 16.1. The van der Waals surface area contributed by atoms with Gasteiger partial charge in [0.25, 0.3) is 0 Å². The first-order valence-corrected chi connectivity index (χ1v) is 9.13. The highest BCUT2D eigenvalue weighted by atomic mass is 19.4. The summed E-state index contributed by atoms with van der Waals surface area (Å²) in [5.41, 5.74) is 3.58. The normalized spacial score (nSPS) is 11.6. The fourth-order valence-corrected chi connectivity index (χ4v) is 2.91. The molecule has 3 aromatic carbocycles. The fraction of sp³-hybridized carbons (Fsp3) is 0.125. The highest BCUT2D eigenvalue weighted by molar-refractivity contribution is 5.73. The topological polar surface area (TPSA) is 46.5 Å². The monoisotopic (exact) mass is 412 g/mol. The third kappa shape index (κ3) is 5.50. The van der Waals surface area contributed by atoms with E-state index in [9.17, 15) is 18.0 Å². The van der Waals surface area contributed by atoms with Gasteiger partial charge >= 0.3 is 12.1 Å². The molecule has 3 aromatic rings. The Kier molecular flexibility index (Phi) is 6.26. The van der Waals surface area contributed by atoms with Gasteiger partial charge in [-0.05, 0) is 59.0 Å². The molecule has 0 atom stereocenters. The summed E-state index contributed by atoms with van der Waals surface area (Å²) in [6, 6.07) is 18.0. The van der Waals surface area contributed by atoms with Crippen molar-refractivity contribution in [2.45, 2.75) is 13.1 Å². The number of hydrogen-bond donors (Lipinski definition) is 1. The Morgan fingerprint density at radius 3 is 1.97 bits per heavy atom. The molecule has 30 heavy (non-hydrogen) atoms. The minimum atomic E-state index is -4.34. The molecule has 0 amide bonds. The van der Waals surface area contributed by atoms with E-state index < -0.39 is 17.7 Å². The van der Waals surface area contributed by atoms with Crippen LogP contribution in [-0.2, 0) is 11.0 Å². The van der Waals surface area contributed by atoms with E-state index in [1.165, 1.54) is 12.1 Å². The second kappa shape index (κ2) is 8.86. The van der Waals surface area contributed by atoms with Gasteiger partial charge in [0.1, 0.15) is 5.75 Å². The number of carboxylic acid groups (broad SMARTS) is 1. The average molecular weight is 412 g/mol. The molecule has 0 radical (unpaired) electrons. The predicted octanol–water partition coefficient (Wildman–Crippen LogP) is 6.31. The summed E-state index contributed by atoms with van der Waals surface area (Å²) in [5.74, 6) is -0.506. The lowest BCUT2D eigenvalue weighted by atomic mass is 10.0. The van der Waals surface area contributed by atoms with Gasteiger partial charge in [0.15, 0.2) is 6.61 Å². The first kappa shape index (κ1) is 21.2. The lowest BCUT2D eigenvalue weighted by Gasteiger charge is -2.08. The molecule has 0 fully saturated rings. The van der Waals surface area contributed by atoms with Crippen LogP contribution in [0.25, 0.3) is 23.3 Å². The Morgan fingerprint density at radius 2 is 1.43 bits per heavy atom. The van der Waals surface area contributed by atoms with Crippen molar-refractivity contribution in [1.82, 2.24) is 0 Å². The van der Waals surface area contributed by atoms with Gasteiger partial charge in [0.2, 0.25) is 0 Å². The molecule has 0 unspecified atom stereocenters. The first-order valence-electron chi connectivity index (χ1n) is 9.13. The smallest absolute Gasteiger partial charge is 0.416 e. The van der Waals surface area contributed by atoms with Crippen LogP contribution in [0.3, 0.4) is 0 Å². The molecule has 0 aliphatic carbocycles. The van der Waals surface area contributed by atoms with Crippen LogP contribution in [0.2, 0.25) is 0 Å². The number of alkyl halides is 3. The maximum atomic E-state index is 12.7. The van der Waals surface area contributed by atoms with Crippen LogP contribution in [0.15, 0.2) is 66.7 Å². The standard InChI is InChI=1S/C24H19F3O3/c1-16-14-18(6-13-22(16)30-15-23(28)29)3-2-17-4-7-19(8-5-17)20-9-11-21(12-10-20)24(25,26)27/h2-14H,15H2,1H3,(H,28,29)/b3-2+. The van der Waals surface area contributed by atoms with Gasteiger partial charge in [-0.15, -0.1) is 0 Å². The number of benzene rings is 3. The number of rotatable bonds is 6. The molecular weight excluding hydrogens is 393 g/mol. The number of aryl methyl sites for hydroxylation is 1. The third-order valence-electron chi connectivity index (χ3n) is 4.47. The Labute approximate surface area is 172 Å². The number of carboxylic acids is 1. The van der Waals surface area contributed by atoms with Crippen molar-refractivity contribution >= 4 is 18.1 Å². The molecule has 1 N–H and O–H groups in total. The lowest BCUT2D eigenvalue weighted by Crippen LogP contribution is -2.10. The molecule has 6 heteroatoms. The zero-order valence-electron chi connectivity index (χ0n) is 16.1. The molecule has 3 nitrogen and oxygen atoms in total. The summed E-state index contributed by atoms with van der Waals surface area (Å²) >= 11 is 0. The molecule has 0 aliphatic heterocycles. The molecule has 154 valence electrons. The van der Waals surface area contributed by atoms with Crippen molar-refractivity contribution in [3.8, 4) is 16.9 Å². The van der Waals surface area contributed by atoms with Crippen molar-refractivity contribution < 1.29 is 27.8 Å². The number of halogens is 3. The van der Waals surface area contributed by atoms with Crippen LogP contribution in [0.5, 0.6) is 5.75 Å². The summed E-state index contributed by atoms with van der Waals surface area (Å²) in [6.45, 7) is 1.45. The van der Waals surface area contributed by atoms with Crippen molar-refractivity contribution in [3.05, 3.63) is 89.0 Å². The minimum Gasteiger partial charge on any atom is -0.482 e. The zero-order chi connectivity index (χ0) is 21.7. The highest BCUT2D eigenvalue weighted by Crippen LogP contribution is 2.31. The van der Waals surface area contributed by atoms with E-state index in [0.717, 1.165) is 34.4 Å². The maximum Gasteiger partial charge on any atom is 0.416 e. The van der Waals surface area contributed by atoms with E-state index in [-0.39, 0.29) is 6.61 Å². The Hall–Kier alpha value is -3.54. The van der Waals surface area contributed by atoms with E-state index >= 15 is 0 Å². The number of aliphatic carboxylic acids is 1. The van der Waals surface area contributed by atoms with Crippen LogP contribution in [0.4, 0.5) is 13.2 Å². The SMILES string of the molecule is Cc1cc(/C=C/c2ccc(-c3ccc(C(F)(F)F)cc3)cc2)ccc1OCC(=O)O. The quantitative estimate of drug-likeness (QED) is 0.482. The molecule has 0 bridgehead atoms. The molecule has 0 spiro atoms. The summed E-state index contributed by atoms with van der Waals surface area (Å²) < 4.78 is 43.2. The van der Waals surface area contributed by atoms with Crippen molar-refractivity contribution in [3.63, 3.8) is 0 Å². The summed E-state index contributed by atoms with van der Waals surface area (Å²) in [7, 11) is 0. The van der Waals surface area contributed by atoms with E-state index in [0.29, 0.717) is 11.3 Å². The Balaban J connectivity index is 1.69. The second-order valence-electron chi connectivity index (χ2n) is 6.74. The molecule has 0 aliphatic rings. The van der Waals surface area contributed by atoms with Crippen LogP contribution >= 0.6 is 0 Å². The predicted molar refractivity (Wildman–Crippen MR) is 110 cm³/mol. The molecular formula is C24H19F3O3. The molecule has 0 heterocycles. The van der Waals surface area contributed by atoms with Gasteiger partial charge in [0, 0.05) is 0 Å². The maximum absolute atomic E-state index is 12.7. The van der Waals surface area contributed by atoms with Gasteiger partial charge < -0.3 is 9.84 Å². The number of hydrogen-bond acceptors (Lipinski definition) is 2. The van der Waals surface area contributed by atoms with Crippen LogP contribution in [0.1, 0.15) is 22.3 Å². The highest BCUT2D eigenvalue weighted by Gasteiger charge is 2.29. The van der Waals surface area contributed by atoms with Gasteiger partial charge in [-0.3, -0.25) is 0 Å². The van der Waals surface area contributed by atoms with Crippen molar-refractivity contribution in [2.75, 3.05) is 6.61 Å². The lowest BCUT2D eigenvalue weighted by molar-refractivity contribution is -0.139. The van der Waals surface area contributed by atoms with Crippen molar-refractivity contribution in [1.29, 1.82) is 0 Å². The molecule has 3 rings (SSSR count). The largest absolute Gasteiger partial charge is 0.482 e. The van der Waals surface area contributed by atoms with E-state index in [4.69, 9.17) is 9.84 Å². The second-order valence-corrected chi connectivity index (χ2v) is 6.74. The average Bonchev–Trinajstić information content (AvgIpc) is 2.71. The van der Waals surface area contributed by atoms with Crippen LogP contribution in [-0.4, -0.2) is 17.7 Å².